The van der Waals surface area contributed by atoms with Gasteiger partial charge in [0.15, 0.2) is 5.17 Å². The lowest BCUT2D eigenvalue weighted by molar-refractivity contribution is -0.128. The van der Waals surface area contributed by atoms with Crippen LogP contribution in [0.4, 0.5) is 10.1 Å². The number of rotatable bonds is 6. The third kappa shape index (κ3) is 4.31. The monoisotopic (exact) mass is 462 g/mol. The number of carbonyl (C=O) groups excluding carboxylic acids is 2. The van der Waals surface area contributed by atoms with Crippen LogP contribution in [0.25, 0.3) is 0 Å². The van der Waals surface area contributed by atoms with E-state index in [-0.39, 0.29) is 30.6 Å². The van der Waals surface area contributed by atoms with Gasteiger partial charge in [-0.3, -0.25) is 14.6 Å². The van der Waals surface area contributed by atoms with Crippen LogP contribution in [-0.2, 0) is 21.9 Å². The van der Waals surface area contributed by atoms with Crippen LogP contribution in [0.15, 0.2) is 81.3 Å². The Morgan fingerprint density at radius 1 is 1.12 bits per heavy atom. The molecule has 0 radical (unpaired) electrons. The van der Waals surface area contributed by atoms with E-state index in [1.54, 1.807) is 30.3 Å². The van der Waals surface area contributed by atoms with Gasteiger partial charge in [-0.25, -0.2) is 14.3 Å². The topological polar surface area (TPSA) is 87.3 Å². The largest absolute Gasteiger partial charge is 0.467 e. The van der Waals surface area contributed by atoms with Crippen LogP contribution in [0.5, 0.6) is 0 Å². The molecule has 0 saturated carbocycles. The molecule has 7 nitrogen and oxygen atoms in total. The van der Waals surface area contributed by atoms with Gasteiger partial charge in [0, 0.05) is 11.3 Å². The van der Waals surface area contributed by atoms with Crippen molar-refractivity contribution in [3.05, 3.63) is 89.6 Å². The number of furan rings is 1. The lowest BCUT2D eigenvalue weighted by Gasteiger charge is -2.25. The van der Waals surface area contributed by atoms with Crippen LogP contribution in [-0.4, -0.2) is 33.8 Å². The predicted molar refractivity (Wildman–Crippen MR) is 124 cm³/mol. The number of para-hydroxylation sites is 1. The number of thioether (sulfide) groups is 1. The fourth-order valence-corrected chi connectivity index (χ4v) is 4.62. The molecule has 0 saturated heterocycles. The molecule has 0 unspecified atom stereocenters. The molecule has 3 heterocycles. The SMILES string of the molecule is O=C(C[C@H]1N=C2c3ccccc3N=C(SCc3ccccc3F)N2C1=O)NCc1ccco1. The number of hydrogen-bond acceptors (Lipinski definition) is 6. The second-order valence-corrected chi connectivity index (χ2v) is 8.44. The van der Waals surface area contributed by atoms with E-state index in [1.807, 2.05) is 24.3 Å². The Balaban J connectivity index is 1.36. The third-order valence-electron chi connectivity index (χ3n) is 5.28. The summed E-state index contributed by atoms with van der Waals surface area (Å²) >= 11 is 1.26. The van der Waals surface area contributed by atoms with Crippen molar-refractivity contribution in [3.8, 4) is 0 Å². The first-order valence-electron chi connectivity index (χ1n) is 10.4. The van der Waals surface area contributed by atoms with Crippen molar-refractivity contribution in [2.75, 3.05) is 0 Å². The van der Waals surface area contributed by atoms with Crippen LogP contribution in [0, 0.1) is 5.82 Å². The highest BCUT2D eigenvalue weighted by molar-refractivity contribution is 8.13. The third-order valence-corrected chi connectivity index (χ3v) is 6.27. The van der Waals surface area contributed by atoms with E-state index in [0.717, 1.165) is 5.56 Å². The summed E-state index contributed by atoms with van der Waals surface area (Å²) in [5, 5.41) is 3.16. The molecule has 0 spiro atoms. The molecule has 1 N–H and O–H groups in total. The zero-order valence-corrected chi connectivity index (χ0v) is 18.2. The zero-order chi connectivity index (χ0) is 22.8. The first-order chi connectivity index (χ1) is 16.1. The number of amidine groups is 2. The van der Waals surface area contributed by atoms with Crippen molar-refractivity contribution in [2.24, 2.45) is 9.98 Å². The number of aliphatic imine (C=N–C) groups is 2. The standard InChI is InChI=1S/C24H19FN4O3S/c25-18-9-3-1-6-15(18)14-33-24-28-19-10-4-2-8-17(19)22-27-20(23(31)29(22)24)12-21(30)26-13-16-7-5-11-32-16/h1-11,20H,12-14H2,(H,26,30)/t20-/m1/s1. The average molecular weight is 463 g/mol. The summed E-state index contributed by atoms with van der Waals surface area (Å²) < 4.78 is 19.3. The van der Waals surface area contributed by atoms with Gasteiger partial charge >= 0.3 is 0 Å². The van der Waals surface area contributed by atoms with E-state index in [0.29, 0.717) is 33.8 Å². The summed E-state index contributed by atoms with van der Waals surface area (Å²) in [6.07, 6.45) is 1.44. The maximum absolute atomic E-state index is 14.1. The Labute approximate surface area is 193 Å². The highest BCUT2D eigenvalue weighted by Gasteiger charge is 2.42. The summed E-state index contributed by atoms with van der Waals surface area (Å²) in [5.74, 6) is 0.448. The highest BCUT2D eigenvalue weighted by atomic mass is 32.2. The van der Waals surface area contributed by atoms with Crippen molar-refractivity contribution in [1.82, 2.24) is 10.2 Å². The summed E-state index contributed by atoms with van der Waals surface area (Å²) in [6.45, 7) is 0.237. The van der Waals surface area contributed by atoms with E-state index in [2.05, 4.69) is 15.3 Å². The molecule has 1 aromatic heterocycles. The van der Waals surface area contributed by atoms with Gasteiger partial charge in [0.25, 0.3) is 5.91 Å². The second-order valence-electron chi connectivity index (χ2n) is 7.49. The van der Waals surface area contributed by atoms with Gasteiger partial charge < -0.3 is 9.73 Å². The van der Waals surface area contributed by atoms with Crippen molar-refractivity contribution >= 4 is 40.3 Å². The normalized spacial score (nSPS) is 16.7. The number of halogens is 1. The molecule has 0 fully saturated rings. The number of fused-ring (bicyclic) bond motifs is 3. The molecule has 2 aromatic carbocycles. The molecule has 1 atom stereocenters. The first kappa shape index (κ1) is 21.1. The van der Waals surface area contributed by atoms with E-state index < -0.39 is 6.04 Å². The summed E-state index contributed by atoms with van der Waals surface area (Å²) in [5.41, 5.74) is 1.92. The Kier molecular flexibility index (Phi) is 5.78. The summed E-state index contributed by atoms with van der Waals surface area (Å²) in [6, 6.07) is 16.5. The molecule has 3 aromatic rings. The number of carbonyl (C=O) groups is 2. The van der Waals surface area contributed by atoms with Crippen LogP contribution in [0.2, 0.25) is 0 Å². The number of hydrogen-bond donors (Lipinski definition) is 1. The molecule has 33 heavy (non-hydrogen) atoms. The minimum absolute atomic E-state index is 0.0903. The van der Waals surface area contributed by atoms with E-state index in [1.165, 1.54) is 29.0 Å². The predicted octanol–water partition coefficient (Wildman–Crippen LogP) is 4.02. The Morgan fingerprint density at radius 3 is 2.76 bits per heavy atom. The molecule has 2 amide bonds. The fourth-order valence-electron chi connectivity index (χ4n) is 3.64. The quantitative estimate of drug-likeness (QED) is 0.600. The van der Waals surface area contributed by atoms with Crippen molar-refractivity contribution < 1.29 is 18.4 Å². The molecular formula is C24H19FN4O3S. The minimum atomic E-state index is -0.859. The van der Waals surface area contributed by atoms with E-state index in [9.17, 15) is 14.0 Å². The van der Waals surface area contributed by atoms with Gasteiger partial charge in [-0.1, -0.05) is 42.1 Å². The van der Waals surface area contributed by atoms with Gasteiger partial charge in [0.1, 0.15) is 23.5 Å². The van der Waals surface area contributed by atoms with Crippen LogP contribution in [0.3, 0.4) is 0 Å². The van der Waals surface area contributed by atoms with Crippen LogP contribution < -0.4 is 5.32 Å². The lowest BCUT2D eigenvalue weighted by Crippen LogP contribution is -2.42. The van der Waals surface area contributed by atoms with Crippen molar-refractivity contribution in [2.45, 2.75) is 24.8 Å². The molecule has 5 rings (SSSR count). The first-order valence-corrected chi connectivity index (χ1v) is 11.3. The molecule has 2 aliphatic heterocycles. The minimum Gasteiger partial charge on any atom is -0.467 e. The molecule has 166 valence electrons. The van der Waals surface area contributed by atoms with Gasteiger partial charge in [-0.05, 0) is 35.9 Å². The van der Waals surface area contributed by atoms with Crippen molar-refractivity contribution in [3.63, 3.8) is 0 Å². The summed E-state index contributed by atoms with van der Waals surface area (Å²) in [7, 11) is 0. The summed E-state index contributed by atoms with van der Waals surface area (Å²) in [4.78, 5) is 36.4. The maximum Gasteiger partial charge on any atom is 0.259 e. The van der Waals surface area contributed by atoms with Gasteiger partial charge in [-0.15, -0.1) is 0 Å². The smallest absolute Gasteiger partial charge is 0.259 e. The lowest BCUT2D eigenvalue weighted by atomic mass is 10.1. The number of amides is 2. The van der Waals surface area contributed by atoms with Gasteiger partial charge in [-0.2, -0.15) is 0 Å². The molecule has 0 aliphatic carbocycles. The number of nitrogens with one attached hydrogen (secondary N) is 1. The maximum atomic E-state index is 14.1. The Hall–Kier alpha value is -3.72. The number of benzene rings is 2. The zero-order valence-electron chi connectivity index (χ0n) is 17.4. The van der Waals surface area contributed by atoms with Crippen LogP contribution >= 0.6 is 11.8 Å². The Morgan fingerprint density at radius 2 is 1.94 bits per heavy atom. The Bertz CT molecular complexity index is 1270. The second kappa shape index (κ2) is 9.03. The fraction of sp³-hybridized carbons (Fsp3) is 0.167. The van der Waals surface area contributed by atoms with Gasteiger partial charge in [0.05, 0.1) is 24.9 Å². The molecule has 2 aliphatic rings. The molecular weight excluding hydrogens is 443 g/mol. The molecule has 9 heteroatoms. The number of nitrogens with zero attached hydrogens (tertiary/aromatic N) is 3. The average Bonchev–Trinajstić information content (AvgIpc) is 3.46. The van der Waals surface area contributed by atoms with Crippen molar-refractivity contribution in [1.29, 1.82) is 0 Å². The van der Waals surface area contributed by atoms with E-state index in [4.69, 9.17) is 4.42 Å². The van der Waals surface area contributed by atoms with Crippen LogP contribution in [0.1, 0.15) is 23.3 Å². The highest BCUT2D eigenvalue weighted by Crippen LogP contribution is 2.35. The van der Waals surface area contributed by atoms with Gasteiger partial charge in [0.2, 0.25) is 5.91 Å². The van der Waals surface area contributed by atoms with E-state index >= 15 is 0 Å². The molecule has 0 bridgehead atoms.